The molecular formula is C19H19N5O4S. The van der Waals surface area contributed by atoms with E-state index in [1.807, 2.05) is 0 Å². The molecule has 3 aromatic rings. The Balaban J connectivity index is 1.72. The first-order valence-electron chi connectivity index (χ1n) is 9.04. The van der Waals surface area contributed by atoms with Gasteiger partial charge in [0.1, 0.15) is 11.4 Å². The van der Waals surface area contributed by atoms with Crippen molar-refractivity contribution in [3.8, 4) is 0 Å². The molecule has 0 spiro atoms. The van der Waals surface area contributed by atoms with Crippen LogP contribution in [-0.2, 0) is 14.1 Å². The molecule has 1 saturated carbocycles. The Kier molecular flexibility index (Phi) is 4.65. The maximum absolute atomic E-state index is 12.9. The maximum Gasteiger partial charge on any atom is 0.332 e. The van der Waals surface area contributed by atoms with E-state index in [-0.39, 0.29) is 28.7 Å². The Morgan fingerprint density at radius 3 is 2.52 bits per heavy atom. The van der Waals surface area contributed by atoms with Gasteiger partial charge in [-0.2, -0.15) is 0 Å². The zero-order chi connectivity index (χ0) is 20.9. The third-order valence-electron chi connectivity index (χ3n) is 5.01. The molecule has 150 valence electrons. The summed E-state index contributed by atoms with van der Waals surface area (Å²) in [5.41, 5.74) is 4.71. The topological polar surface area (TPSA) is 122 Å². The van der Waals surface area contributed by atoms with Gasteiger partial charge in [-0.3, -0.25) is 28.1 Å². The standard InChI is InChI=1S/C19H19N5O4S/c1-22-15(20)14(17(27)23(2)19(22)28)13(25)9-29-18-21-12-6-4-3-5-11(12)16(26)24(18)10-7-8-10/h3-6,10H,7-9,20H2,1-2H3. The number of aromatic nitrogens is 4. The minimum atomic E-state index is -0.734. The van der Waals surface area contributed by atoms with Gasteiger partial charge in [-0.1, -0.05) is 23.9 Å². The number of anilines is 1. The summed E-state index contributed by atoms with van der Waals surface area (Å²) < 4.78 is 3.54. The Morgan fingerprint density at radius 2 is 1.83 bits per heavy atom. The van der Waals surface area contributed by atoms with Crippen molar-refractivity contribution in [3.05, 3.63) is 61.0 Å². The van der Waals surface area contributed by atoms with Crippen LogP contribution in [-0.4, -0.2) is 30.2 Å². The molecule has 29 heavy (non-hydrogen) atoms. The summed E-state index contributed by atoms with van der Waals surface area (Å²) >= 11 is 1.09. The van der Waals surface area contributed by atoms with Crippen molar-refractivity contribution in [1.82, 2.24) is 18.7 Å². The number of hydrogen-bond donors (Lipinski definition) is 1. The van der Waals surface area contributed by atoms with E-state index in [1.165, 1.54) is 14.1 Å². The molecule has 2 aromatic heterocycles. The molecule has 1 aliphatic carbocycles. The lowest BCUT2D eigenvalue weighted by Gasteiger charge is -2.13. The Labute approximate surface area is 168 Å². The SMILES string of the molecule is Cn1c(N)c(C(=O)CSc2nc3ccccc3c(=O)n2C2CC2)c(=O)n(C)c1=O. The number of rotatable bonds is 5. The minimum absolute atomic E-state index is 0.0766. The first kappa shape index (κ1) is 19.2. The maximum atomic E-state index is 12.9. The van der Waals surface area contributed by atoms with Gasteiger partial charge < -0.3 is 5.73 Å². The number of carbonyl (C=O) groups is 1. The van der Waals surface area contributed by atoms with Crippen LogP contribution in [0.3, 0.4) is 0 Å². The Hall–Kier alpha value is -3.14. The molecule has 0 unspecified atom stereocenters. The molecule has 0 radical (unpaired) electrons. The predicted molar refractivity (Wildman–Crippen MR) is 111 cm³/mol. The molecule has 1 aromatic carbocycles. The number of nitrogen functional groups attached to an aromatic ring is 1. The van der Waals surface area contributed by atoms with Gasteiger partial charge in [0.15, 0.2) is 10.9 Å². The third kappa shape index (κ3) is 3.19. The van der Waals surface area contributed by atoms with E-state index in [4.69, 9.17) is 5.73 Å². The zero-order valence-electron chi connectivity index (χ0n) is 15.9. The number of para-hydroxylation sites is 1. The summed E-state index contributed by atoms with van der Waals surface area (Å²) in [6.45, 7) is 0. The fraction of sp³-hybridized carbons (Fsp3) is 0.316. The van der Waals surface area contributed by atoms with E-state index in [0.717, 1.165) is 33.7 Å². The third-order valence-corrected chi connectivity index (χ3v) is 5.96. The second-order valence-corrected chi connectivity index (χ2v) is 7.94. The summed E-state index contributed by atoms with van der Waals surface area (Å²) in [7, 11) is 2.69. The monoisotopic (exact) mass is 413 g/mol. The molecule has 2 heterocycles. The zero-order valence-corrected chi connectivity index (χ0v) is 16.7. The number of carbonyl (C=O) groups excluding carboxylic acids is 1. The van der Waals surface area contributed by atoms with Crippen molar-refractivity contribution in [2.75, 3.05) is 11.5 Å². The molecule has 2 N–H and O–H groups in total. The van der Waals surface area contributed by atoms with Crippen molar-refractivity contribution in [2.45, 2.75) is 24.0 Å². The van der Waals surface area contributed by atoms with Crippen LogP contribution in [0.2, 0.25) is 0 Å². The number of thioether (sulfide) groups is 1. The number of fused-ring (bicyclic) bond motifs is 1. The number of Topliss-reactive ketones (excluding diaryl/α,β-unsaturated/α-hetero) is 1. The molecule has 0 bridgehead atoms. The molecule has 0 amide bonds. The second kappa shape index (κ2) is 7.03. The van der Waals surface area contributed by atoms with Gasteiger partial charge in [0.25, 0.3) is 11.1 Å². The number of nitrogens with zero attached hydrogens (tertiary/aromatic N) is 4. The molecule has 10 heteroatoms. The first-order valence-corrected chi connectivity index (χ1v) is 10.0. The average molecular weight is 413 g/mol. The minimum Gasteiger partial charge on any atom is -0.384 e. The van der Waals surface area contributed by atoms with E-state index < -0.39 is 17.0 Å². The van der Waals surface area contributed by atoms with Crippen LogP contribution in [0.4, 0.5) is 5.82 Å². The fourth-order valence-electron chi connectivity index (χ4n) is 3.21. The van der Waals surface area contributed by atoms with Crippen LogP contribution in [0.1, 0.15) is 29.2 Å². The molecule has 9 nitrogen and oxygen atoms in total. The largest absolute Gasteiger partial charge is 0.384 e. The lowest BCUT2D eigenvalue weighted by atomic mass is 10.2. The van der Waals surface area contributed by atoms with E-state index in [2.05, 4.69) is 4.98 Å². The number of ketones is 1. The molecule has 1 fully saturated rings. The van der Waals surface area contributed by atoms with Crippen molar-refractivity contribution >= 4 is 34.3 Å². The molecule has 4 rings (SSSR count). The van der Waals surface area contributed by atoms with Crippen molar-refractivity contribution in [3.63, 3.8) is 0 Å². The van der Waals surface area contributed by atoms with Gasteiger partial charge in [0.2, 0.25) is 0 Å². The van der Waals surface area contributed by atoms with E-state index >= 15 is 0 Å². The summed E-state index contributed by atoms with van der Waals surface area (Å²) in [5, 5.41) is 0.969. The highest BCUT2D eigenvalue weighted by Crippen LogP contribution is 2.36. The lowest BCUT2D eigenvalue weighted by Crippen LogP contribution is -2.41. The van der Waals surface area contributed by atoms with Crippen molar-refractivity contribution < 1.29 is 4.79 Å². The normalized spacial score (nSPS) is 13.7. The predicted octanol–water partition coefficient (Wildman–Crippen LogP) is 0.686. The summed E-state index contributed by atoms with van der Waals surface area (Å²) in [6, 6.07) is 7.15. The molecule has 0 aliphatic heterocycles. The molecule has 0 atom stereocenters. The van der Waals surface area contributed by atoms with Gasteiger partial charge in [-0.25, -0.2) is 9.78 Å². The molecule has 1 aliphatic rings. The smallest absolute Gasteiger partial charge is 0.332 e. The highest BCUT2D eigenvalue weighted by atomic mass is 32.2. The van der Waals surface area contributed by atoms with Crippen molar-refractivity contribution in [2.24, 2.45) is 14.1 Å². The number of hydrogen-bond acceptors (Lipinski definition) is 7. The summed E-state index contributed by atoms with van der Waals surface area (Å²) in [5.74, 6) is -0.821. The average Bonchev–Trinajstić information content (AvgIpc) is 3.54. The highest BCUT2D eigenvalue weighted by molar-refractivity contribution is 7.99. The first-order chi connectivity index (χ1) is 13.8. The van der Waals surface area contributed by atoms with Gasteiger partial charge in [0.05, 0.1) is 16.7 Å². The quantitative estimate of drug-likeness (QED) is 0.371. The van der Waals surface area contributed by atoms with E-state index in [0.29, 0.717) is 16.1 Å². The van der Waals surface area contributed by atoms with E-state index in [1.54, 1.807) is 28.8 Å². The van der Waals surface area contributed by atoms with Crippen LogP contribution in [0.5, 0.6) is 0 Å². The van der Waals surface area contributed by atoms with Crippen LogP contribution in [0.15, 0.2) is 43.8 Å². The number of nitrogens with two attached hydrogens (primary N) is 1. The Morgan fingerprint density at radius 1 is 1.14 bits per heavy atom. The molecule has 0 saturated heterocycles. The van der Waals surface area contributed by atoms with Gasteiger partial charge in [0, 0.05) is 20.1 Å². The van der Waals surface area contributed by atoms with Crippen molar-refractivity contribution in [1.29, 1.82) is 0 Å². The van der Waals surface area contributed by atoms with Crippen LogP contribution < -0.4 is 22.5 Å². The summed E-state index contributed by atoms with van der Waals surface area (Å²) in [4.78, 5) is 54.6. The summed E-state index contributed by atoms with van der Waals surface area (Å²) in [6.07, 6.45) is 1.77. The van der Waals surface area contributed by atoms with Gasteiger partial charge >= 0.3 is 5.69 Å². The van der Waals surface area contributed by atoms with Crippen LogP contribution >= 0.6 is 11.8 Å². The van der Waals surface area contributed by atoms with Gasteiger partial charge in [-0.05, 0) is 25.0 Å². The van der Waals surface area contributed by atoms with Crippen LogP contribution in [0.25, 0.3) is 10.9 Å². The number of benzene rings is 1. The lowest BCUT2D eigenvalue weighted by molar-refractivity contribution is 0.102. The second-order valence-electron chi connectivity index (χ2n) is 7.00. The fourth-order valence-corrected chi connectivity index (χ4v) is 4.14. The molecular weight excluding hydrogens is 394 g/mol. The Bertz CT molecular complexity index is 1330. The van der Waals surface area contributed by atoms with E-state index in [9.17, 15) is 19.2 Å². The van der Waals surface area contributed by atoms with Crippen LogP contribution in [0, 0.1) is 0 Å². The highest BCUT2D eigenvalue weighted by Gasteiger charge is 2.29. The van der Waals surface area contributed by atoms with Gasteiger partial charge in [-0.15, -0.1) is 0 Å².